The van der Waals surface area contributed by atoms with Crippen LogP contribution in [0.15, 0.2) is 28.7 Å². The number of piperidine rings is 1. The highest BCUT2D eigenvalue weighted by molar-refractivity contribution is 5.52. The molecule has 3 heterocycles. The SMILES string of the molecule is Cc1ccc(-c2nnc(CN3CCCCC3C3OCCO3)o2)cc1. The van der Waals surface area contributed by atoms with Gasteiger partial charge in [-0.25, -0.2) is 0 Å². The second kappa shape index (κ2) is 7.01. The van der Waals surface area contributed by atoms with E-state index in [4.69, 9.17) is 13.9 Å². The molecule has 2 aliphatic rings. The molecule has 2 saturated heterocycles. The van der Waals surface area contributed by atoms with E-state index in [9.17, 15) is 0 Å². The molecule has 0 saturated carbocycles. The molecule has 1 aromatic carbocycles. The minimum absolute atomic E-state index is 0.121. The Labute approximate surface area is 141 Å². The van der Waals surface area contributed by atoms with Gasteiger partial charge in [-0.1, -0.05) is 24.1 Å². The van der Waals surface area contributed by atoms with Crippen molar-refractivity contribution in [1.82, 2.24) is 15.1 Å². The summed E-state index contributed by atoms with van der Waals surface area (Å²) in [5.74, 6) is 1.22. The Kier molecular flexibility index (Phi) is 4.60. The lowest BCUT2D eigenvalue weighted by atomic mass is 10.0. The van der Waals surface area contributed by atoms with Gasteiger partial charge in [-0.3, -0.25) is 4.90 Å². The lowest BCUT2D eigenvalue weighted by Crippen LogP contribution is -2.46. The maximum Gasteiger partial charge on any atom is 0.247 e. The molecule has 2 aromatic rings. The highest BCUT2D eigenvalue weighted by atomic mass is 16.7. The van der Waals surface area contributed by atoms with Crippen LogP contribution in [-0.4, -0.2) is 47.2 Å². The summed E-state index contributed by atoms with van der Waals surface area (Å²) in [5.41, 5.74) is 2.17. The lowest BCUT2D eigenvalue weighted by Gasteiger charge is -2.37. The van der Waals surface area contributed by atoms with E-state index in [1.807, 2.05) is 12.1 Å². The number of benzene rings is 1. The Bertz CT molecular complexity index is 664. The molecule has 6 nitrogen and oxygen atoms in total. The van der Waals surface area contributed by atoms with Gasteiger partial charge in [-0.05, 0) is 38.4 Å². The minimum Gasteiger partial charge on any atom is -0.419 e. The number of aromatic nitrogens is 2. The molecule has 2 fully saturated rings. The average molecular weight is 329 g/mol. The zero-order valence-electron chi connectivity index (χ0n) is 14.0. The average Bonchev–Trinajstić information content (AvgIpc) is 3.28. The fourth-order valence-corrected chi connectivity index (χ4v) is 3.42. The van der Waals surface area contributed by atoms with Crippen LogP contribution in [0.25, 0.3) is 11.5 Å². The molecule has 0 radical (unpaired) electrons. The lowest BCUT2D eigenvalue weighted by molar-refractivity contribution is -0.112. The Morgan fingerprint density at radius 1 is 1.08 bits per heavy atom. The van der Waals surface area contributed by atoms with Crippen LogP contribution in [0.5, 0.6) is 0 Å². The smallest absolute Gasteiger partial charge is 0.247 e. The number of hydrogen-bond acceptors (Lipinski definition) is 6. The standard InChI is InChI=1S/C18H23N3O3/c1-13-5-7-14(8-6-13)17-20-19-16(24-17)12-21-9-3-2-4-15(21)18-22-10-11-23-18/h5-8,15,18H,2-4,9-12H2,1H3. The predicted octanol–water partition coefficient (Wildman–Crippen LogP) is 2.77. The third-order valence-electron chi connectivity index (χ3n) is 4.73. The Morgan fingerprint density at radius 3 is 2.67 bits per heavy atom. The Hall–Kier alpha value is -1.76. The van der Waals surface area contributed by atoms with Gasteiger partial charge in [0.1, 0.15) is 0 Å². The number of rotatable bonds is 4. The van der Waals surface area contributed by atoms with Crippen molar-refractivity contribution in [3.05, 3.63) is 35.7 Å². The van der Waals surface area contributed by atoms with E-state index in [1.165, 1.54) is 18.4 Å². The molecular weight excluding hydrogens is 306 g/mol. The summed E-state index contributed by atoms with van der Waals surface area (Å²) < 4.78 is 17.3. The normalized spacial score (nSPS) is 23.0. The Balaban J connectivity index is 1.46. The van der Waals surface area contributed by atoms with Gasteiger partial charge >= 0.3 is 0 Å². The number of hydrogen-bond donors (Lipinski definition) is 0. The van der Waals surface area contributed by atoms with Crippen molar-refractivity contribution >= 4 is 0 Å². The fraction of sp³-hybridized carbons (Fsp3) is 0.556. The zero-order valence-corrected chi connectivity index (χ0v) is 14.0. The molecule has 128 valence electrons. The fourth-order valence-electron chi connectivity index (χ4n) is 3.42. The zero-order chi connectivity index (χ0) is 16.4. The second-order valence-corrected chi connectivity index (χ2v) is 6.51. The van der Waals surface area contributed by atoms with Crippen LogP contribution < -0.4 is 0 Å². The maximum atomic E-state index is 5.88. The van der Waals surface area contributed by atoms with Crippen molar-refractivity contribution in [2.75, 3.05) is 19.8 Å². The van der Waals surface area contributed by atoms with Gasteiger partial charge in [-0.2, -0.15) is 0 Å². The molecule has 0 amide bonds. The molecule has 0 bridgehead atoms. The molecule has 0 aliphatic carbocycles. The second-order valence-electron chi connectivity index (χ2n) is 6.51. The number of aryl methyl sites for hydroxylation is 1. The predicted molar refractivity (Wildman–Crippen MR) is 88.2 cm³/mol. The van der Waals surface area contributed by atoms with Crippen molar-refractivity contribution in [3.63, 3.8) is 0 Å². The van der Waals surface area contributed by atoms with E-state index < -0.39 is 0 Å². The van der Waals surface area contributed by atoms with E-state index in [1.54, 1.807) is 0 Å². The maximum absolute atomic E-state index is 5.88. The van der Waals surface area contributed by atoms with E-state index in [2.05, 4.69) is 34.2 Å². The van der Waals surface area contributed by atoms with Crippen LogP contribution in [0.4, 0.5) is 0 Å². The van der Waals surface area contributed by atoms with E-state index >= 15 is 0 Å². The van der Waals surface area contributed by atoms with E-state index in [0.29, 0.717) is 31.5 Å². The summed E-state index contributed by atoms with van der Waals surface area (Å²) in [6.45, 7) is 5.09. The molecule has 0 spiro atoms. The Morgan fingerprint density at radius 2 is 1.88 bits per heavy atom. The molecule has 6 heteroatoms. The first kappa shape index (κ1) is 15.7. The molecule has 1 aromatic heterocycles. The molecule has 24 heavy (non-hydrogen) atoms. The van der Waals surface area contributed by atoms with Crippen LogP contribution in [0.1, 0.15) is 30.7 Å². The topological polar surface area (TPSA) is 60.6 Å². The van der Waals surface area contributed by atoms with Crippen molar-refractivity contribution in [2.45, 2.75) is 45.1 Å². The number of ether oxygens (including phenoxy) is 2. The third kappa shape index (κ3) is 3.36. The first-order chi connectivity index (χ1) is 11.8. The molecule has 1 atom stereocenters. The summed E-state index contributed by atoms with van der Waals surface area (Å²) in [6, 6.07) is 8.40. The van der Waals surface area contributed by atoms with Crippen LogP contribution in [0.3, 0.4) is 0 Å². The molecule has 4 rings (SSSR count). The van der Waals surface area contributed by atoms with Crippen LogP contribution in [0.2, 0.25) is 0 Å². The van der Waals surface area contributed by atoms with Crippen molar-refractivity contribution in [1.29, 1.82) is 0 Å². The largest absolute Gasteiger partial charge is 0.419 e. The van der Waals surface area contributed by atoms with Gasteiger partial charge in [0.25, 0.3) is 0 Å². The number of likely N-dealkylation sites (tertiary alicyclic amines) is 1. The monoisotopic (exact) mass is 329 g/mol. The molecule has 2 aliphatic heterocycles. The summed E-state index contributed by atoms with van der Waals surface area (Å²) >= 11 is 0. The van der Waals surface area contributed by atoms with Crippen LogP contribution in [-0.2, 0) is 16.0 Å². The quantitative estimate of drug-likeness (QED) is 0.859. The molecule has 1 unspecified atom stereocenters. The first-order valence-corrected chi connectivity index (χ1v) is 8.66. The summed E-state index contributed by atoms with van der Waals surface area (Å²) in [7, 11) is 0. The van der Waals surface area contributed by atoms with Gasteiger partial charge in [0, 0.05) is 5.56 Å². The van der Waals surface area contributed by atoms with Gasteiger partial charge in [-0.15, -0.1) is 10.2 Å². The van der Waals surface area contributed by atoms with Gasteiger partial charge < -0.3 is 13.9 Å². The first-order valence-electron chi connectivity index (χ1n) is 8.66. The summed E-state index contributed by atoms with van der Waals surface area (Å²) in [6.07, 6.45) is 3.36. The van der Waals surface area contributed by atoms with Crippen LogP contribution >= 0.6 is 0 Å². The van der Waals surface area contributed by atoms with Crippen molar-refractivity contribution in [2.24, 2.45) is 0 Å². The minimum atomic E-state index is -0.121. The highest BCUT2D eigenvalue weighted by Gasteiger charge is 2.34. The van der Waals surface area contributed by atoms with Gasteiger partial charge in [0.2, 0.25) is 11.8 Å². The van der Waals surface area contributed by atoms with Crippen molar-refractivity contribution < 1.29 is 13.9 Å². The van der Waals surface area contributed by atoms with E-state index in [0.717, 1.165) is 18.5 Å². The van der Waals surface area contributed by atoms with E-state index in [-0.39, 0.29) is 12.3 Å². The van der Waals surface area contributed by atoms with Crippen molar-refractivity contribution in [3.8, 4) is 11.5 Å². The third-order valence-corrected chi connectivity index (χ3v) is 4.73. The molecule has 0 N–H and O–H groups in total. The summed E-state index contributed by atoms with van der Waals surface area (Å²) in [4.78, 5) is 2.35. The highest BCUT2D eigenvalue weighted by Crippen LogP contribution is 2.26. The summed E-state index contributed by atoms with van der Waals surface area (Å²) in [5, 5.41) is 8.43. The van der Waals surface area contributed by atoms with Gasteiger partial charge in [0.15, 0.2) is 6.29 Å². The van der Waals surface area contributed by atoms with Gasteiger partial charge in [0.05, 0.1) is 25.8 Å². The molecular formula is C18H23N3O3. The number of nitrogens with zero attached hydrogens (tertiary/aromatic N) is 3. The van der Waals surface area contributed by atoms with Crippen LogP contribution in [0, 0.1) is 6.92 Å².